The molecule has 0 unspecified atom stereocenters. The summed E-state index contributed by atoms with van der Waals surface area (Å²) in [7, 11) is 1.32. The Balaban J connectivity index is 2.63. The Bertz CT molecular complexity index is 779. The number of aromatic nitrogens is 2. The highest BCUT2D eigenvalue weighted by atomic mass is 35.5. The van der Waals surface area contributed by atoms with Gasteiger partial charge in [-0.2, -0.15) is 13.2 Å². The molecule has 1 aromatic heterocycles. The molecular formula is C13H9ClF4N4O. The fraction of sp³-hybridized carbons (Fsp3) is 0.154. The van der Waals surface area contributed by atoms with Crippen LogP contribution in [0.25, 0.3) is 11.3 Å². The van der Waals surface area contributed by atoms with E-state index in [9.17, 15) is 22.4 Å². The number of nitrogens with zero attached hydrogens (tertiary/aromatic N) is 2. The van der Waals surface area contributed by atoms with Crippen molar-refractivity contribution < 1.29 is 22.4 Å². The molecule has 10 heteroatoms. The van der Waals surface area contributed by atoms with Crippen molar-refractivity contribution in [1.82, 2.24) is 15.3 Å². The molecule has 2 aromatic rings. The van der Waals surface area contributed by atoms with E-state index in [1.807, 2.05) is 0 Å². The minimum absolute atomic E-state index is 0.269. The Kier molecular flexibility index (Phi) is 4.42. The summed E-state index contributed by atoms with van der Waals surface area (Å²) in [5, 5.41) is 1.87. The molecule has 0 radical (unpaired) electrons. The second-order valence-electron chi connectivity index (χ2n) is 4.38. The van der Waals surface area contributed by atoms with Crippen LogP contribution in [0.4, 0.5) is 23.2 Å². The second kappa shape index (κ2) is 5.99. The molecule has 23 heavy (non-hydrogen) atoms. The molecule has 0 saturated carbocycles. The van der Waals surface area contributed by atoms with Gasteiger partial charge in [-0.25, -0.2) is 14.4 Å². The van der Waals surface area contributed by atoms with Crippen LogP contribution in [-0.4, -0.2) is 22.9 Å². The van der Waals surface area contributed by atoms with Crippen molar-refractivity contribution in [3.05, 3.63) is 40.6 Å². The summed E-state index contributed by atoms with van der Waals surface area (Å²) in [5.74, 6) is -1.90. The lowest BCUT2D eigenvalue weighted by molar-refractivity contribution is -0.137. The first-order valence-corrected chi connectivity index (χ1v) is 6.45. The normalized spacial score (nSPS) is 11.4. The van der Waals surface area contributed by atoms with Crippen molar-refractivity contribution in [2.75, 3.05) is 12.8 Å². The molecule has 0 aliphatic heterocycles. The number of benzene rings is 1. The molecule has 1 heterocycles. The third-order valence-corrected chi connectivity index (χ3v) is 3.08. The van der Waals surface area contributed by atoms with Crippen LogP contribution in [0.2, 0.25) is 5.28 Å². The molecule has 2 rings (SSSR count). The Morgan fingerprint density at radius 3 is 2.48 bits per heavy atom. The number of nitrogens with two attached hydrogens (primary N) is 1. The second-order valence-corrected chi connectivity index (χ2v) is 4.71. The number of hydrogen-bond donors (Lipinski definition) is 2. The first kappa shape index (κ1) is 16.9. The molecule has 0 fully saturated rings. The molecule has 0 atom stereocenters. The van der Waals surface area contributed by atoms with Crippen molar-refractivity contribution in [1.29, 1.82) is 0 Å². The summed E-state index contributed by atoms with van der Waals surface area (Å²) in [5.41, 5.74) is 3.36. The highest BCUT2D eigenvalue weighted by Crippen LogP contribution is 2.34. The SMILES string of the molecule is CNC(=O)c1nc(Cl)nc(-c2ccc(C(F)(F)F)cc2F)c1N. The van der Waals surface area contributed by atoms with E-state index in [-0.39, 0.29) is 22.6 Å². The van der Waals surface area contributed by atoms with Gasteiger partial charge in [-0.05, 0) is 29.8 Å². The summed E-state index contributed by atoms with van der Waals surface area (Å²) in [4.78, 5) is 19.0. The monoisotopic (exact) mass is 348 g/mol. The summed E-state index contributed by atoms with van der Waals surface area (Å²) in [6.45, 7) is 0. The number of amides is 1. The number of nitrogens with one attached hydrogen (secondary N) is 1. The van der Waals surface area contributed by atoms with Crippen molar-refractivity contribution in [2.45, 2.75) is 6.18 Å². The van der Waals surface area contributed by atoms with Crippen LogP contribution in [0.15, 0.2) is 18.2 Å². The minimum Gasteiger partial charge on any atom is -0.395 e. The van der Waals surface area contributed by atoms with E-state index in [0.717, 1.165) is 6.07 Å². The molecule has 0 aliphatic carbocycles. The molecule has 0 saturated heterocycles. The van der Waals surface area contributed by atoms with E-state index in [2.05, 4.69) is 15.3 Å². The number of nitrogen functional groups attached to an aromatic ring is 1. The lowest BCUT2D eigenvalue weighted by atomic mass is 10.1. The predicted octanol–water partition coefficient (Wildman–Crippen LogP) is 2.90. The third-order valence-electron chi connectivity index (χ3n) is 2.91. The molecule has 0 bridgehead atoms. The maximum absolute atomic E-state index is 14.0. The smallest absolute Gasteiger partial charge is 0.395 e. The molecule has 5 nitrogen and oxygen atoms in total. The molecule has 0 spiro atoms. The Hall–Kier alpha value is -2.42. The average molecular weight is 349 g/mol. The first-order chi connectivity index (χ1) is 10.6. The summed E-state index contributed by atoms with van der Waals surface area (Å²) < 4.78 is 51.7. The average Bonchev–Trinajstić information content (AvgIpc) is 2.47. The Morgan fingerprint density at radius 2 is 1.96 bits per heavy atom. The van der Waals surface area contributed by atoms with Crippen LogP contribution in [0.5, 0.6) is 0 Å². The fourth-order valence-corrected chi connectivity index (χ4v) is 1.99. The Morgan fingerprint density at radius 1 is 1.30 bits per heavy atom. The highest BCUT2D eigenvalue weighted by Gasteiger charge is 2.31. The molecule has 122 valence electrons. The molecule has 1 amide bonds. The van der Waals surface area contributed by atoms with E-state index >= 15 is 0 Å². The van der Waals surface area contributed by atoms with Gasteiger partial charge >= 0.3 is 6.18 Å². The summed E-state index contributed by atoms with van der Waals surface area (Å²) >= 11 is 5.67. The zero-order chi connectivity index (χ0) is 17.4. The largest absolute Gasteiger partial charge is 0.416 e. The van der Waals surface area contributed by atoms with Gasteiger partial charge in [0, 0.05) is 12.6 Å². The Labute approximate surface area is 132 Å². The van der Waals surface area contributed by atoms with E-state index in [1.165, 1.54) is 7.05 Å². The summed E-state index contributed by atoms with van der Waals surface area (Å²) in [6.07, 6.45) is -4.69. The number of rotatable bonds is 2. The number of alkyl halides is 3. The summed E-state index contributed by atoms with van der Waals surface area (Å²) in [6, 6.07) is 1.85. The molecule has 3 N–H and O–H groups in total. The van der Waals surface area contributed by atoms with E-state index in [1.54, 1.807) is 0 Å². The third kappa shape index (κ3) is 3.34. The van der Waals surface area contributed by atoms with E-state index in [4.69, 9.17) is 17.3 Å². The maximum Gasteiger partial charge on any atom is 0.416 e. The predicted molar refractivity (Wildman–Crippen MR) is 75.2 cm³/mol. The van der Waals surface area contributed by atoms with Gasteiger partial charge in [-0.15, -0.1) is 0 Å². The van der Waals surface area contributed by atoms with Crippen molar-refractivity contribution in [2.24, 2.45) is 0 Å². The van der Waals surface area contributed by atoms with Crippen LogP contribution in [0.3, 0.4) is 0 Å². The molecule has 1 aromatic carbocycles. The number of hydrogen-bond acceptors (Lipinski definition) is 4. The van der Waals surface area contributed by atoms with Gasteiger partial charge in [0.15, 0.2) is 5.69 Å². The van der Waals surface area contributed by atoms with Gasteiger partial charge in [-0.3, -0.25) is 4.79 Å². The number of anilines is 1. The van der Waals surface area contributed by atoms with Gasteiger partial charge in [0.2, 0.25) is 5.28 Å². The maximum atomic E-state index is 14.0. The number of halogens is 5. The van der Waals surface area contributed by atoms with E-state index in [0.29, 0.717) is 12.1 Å². The fourth-order valence-electron chi connectivity index (χ4n) is 1.82. The van der Waals surface area contributed by atoms with Gasteiger partial charge in [-0.1, -0.05) is 0 Å². The van der Waals surface area contributed by atoms with Crippen LogP contribution < -0.4 is 11.1 Å². The van der Waals surface area contributed by atoms with Gasteiger partial charge in [0.1, 0.15) is 11.5 Å². The lowest BCUT2D eigenvalue weighted by Crippen LogP contribution is -2.22. The zero-order valence-corrected chi connectivity index (χ0v) is 12.3. The topological polar surface area (TPSA) is 80.9 Å². The number of carbonyl (C=O) groups is 1. The van der Waals surface area contributed by atoms with Gasteiger partial charge in [0.05, 0.1) is 11.3 Å². The van der Waals surface area contributed by atoms with Crippen molar-refractivity contribution >= 4 is 23.2 Å². The minimum atomic E-state index is -4.69. The number of carbonyl (C=O) groups excluding carboxylic acids is 1. The quantitative estimate of drug-likeness (QED) is 0.646. The van der Waals surface area contributed by atoms with Crippen molar-refractivity contribution in [3.8, 4) is 11.3 Å². The highest BCUT2D eigenvalue weighted by molar-refractivity contribution is 6.28. The first-order valence-electron chi connectivity index (χ1n) is 6.07. The molecular weight excluding hydrogens is 340 g/mol. The standard InChI is InChI=1S/C13H9ClF4N4O/c1-20-11(23)10-8(19)9(21-12(14)22-10)6-3-2-5(4-7(6)15)13(16,17)18/h2-4H,19H2,1H3,(H,20,23). The van der Waals surface area contributed by atoms with Crippen LogP contribution in [-0.2, 0) is 6.18 Å². The zero-order valence-electron chi connectivity index (χ0n) is 11.5. The van der Waals surface area contributed by atoms with Crippen molar-refractivity contribution in [3.63, 3.8) is 0 Å². The van der Waals surface area contributed by atoms with Gasteiger partial charge in [0.25, 0.3) is 5.91 Å². The molecule has 0 aliphatic rings. The lowest BCUT2D eigenvalue weighted by Gasteiger charge is -2.12. The van der Waals surface area contributed by atoms with Gasteiger partial charge < -0.3 is 11.1 Å². The van der Waals surface area contributed by atoms with Crippen LogP contribution in [0.1, 0.15) is 16.1 Å². The van der Waals surface area contributed by atoms with Crippen LogP contribution >= 0.6 is 11.6 Å². The van der Waals surface area contributed by atoms with Crippen LogP contribution in [0, 0.1) is 5.82 Å². The van der Waals surface area contributed by atoms with E-state index < -0.39 is 28.7 Å².